The van der Waals surface area contributed by atoms with Crippen LogP contribution in [0.5, 0.6) is 17.2 Å². The second-order valence-corrected chi connectivity index (χ2v) is 8.54. The second-order valence-electron chi connectivity index (χ2n) is 7.12. The molecule has 1 aliphatic rings. The van der Waals surface area contributed by atoms with Crippen LogP contribution >= 0.6 is 23.4 Å². The van der Waals surface area contributed by atoms with E-state index in [9.17, 15) is 4.79 Å². The van der Waals surface area contributed by atoms with Crippen molar-refractivity contribution in [3.63, 3.8) is 0 Å². The highest BCUT2D eigenvalue weighted by Crippen LogP contribution is 2.40. The molecule has 0 saturated carbocycles. The Bertz CT molecular complexity index is 1040. The summed E-state index contributed by atoms with van der Waals surface area (Å²) in [4.78, 5) is 19.8. The number of nitrogens with zero attached hydrogens (tertiary/aromatic N) is 2. The van der Waals surface area contributed by atoms with Crippen molar-refractivity contribution in [2.45, 2.75) is 33.3 Å². The number of halogens is 1. The molecule has 1 aliphatic heterocycles. The maximum Gasteiger partial charge on any atom is 0.266 e. The van der Waals surface area contributed by atoms with E-state index in [1.54, 1.807) is 31.3 Å². The van der Waals surface area contributed by atoms with Gasteiger partial charge in [-0.3, -0.25) is 9.69 Å². The van der Waals surface area contributed by atoms with Gasteiger partial charge >= 0.3 is 0 Å². The average molecular weight is 475 g/mol. The summed E-state index contributed by atoms with van der Waals surface area (Å²) in [5.41, 5.74) is 1.50. The number of likely N-dealkylation sites (N-methyl/N-ethyl adjacent to an activating group) is 1. The molecule has 3 rings (SSSR count). The lowest BCUT2D eigenvalue weighted by Crippen LogP contribution is -2.28. The monoisotopic (exact) mass is 474 g/mol. The van der Waals surface area contributed by atoms with Crippen molar-refractivity contribution in [3.8, 4) is 17.2 Å². The maximum atomic E-state index is 13.0. The van der Waals surface area contributed by atoms with E-state index in [0.717, 1.165) is 23.4 Å². The number of aliphatic imine (C=N–C) groups is 1. The number of benzene rings is 2. The first kappa shape index (κ1) is 24.0. The molecule has 1 heterocycles. The van der Waals surface area contributed by atoms with Crippen LogP contribution in [0.2, 0.25) is 5.02 Å². The van der Waals surface area contributed by atoms with Gasteiger partial charge in [-0.05, 0) is 80.1 Å². The van der Waals surface area contributed by atoms with Crippen molar-refractivity contribution in [2.24, 2.45) is 4.99 Å². The Morgan fingerprint density at radius 3 is 2.47 bits per heavy atom. The highest BCUT2D eigenvalue weighted by atomic mass is 35.5. The number of carbonyl (C=O) groups excluding carboxylic acids is 1. The number of ether oxygens (including phenoxy) is 3. The number of thioether (sulfide) groups is 1. The Labute approximate surface area is 198 Å². The summed E-state index contributed by atoms with van der Waals surface area (Å²) in [6.45, 7) is 6.45. The van der Waals surface area contributed by atoms with Crippen LogP contribution in [0.4, 0.5) is 5.69 Å². The first-order valence-corrected chi connectivity index (χ1v) is 11.6. The predicted octanol–water partition coefficient (Wildman–Crippen LogP) is 6.16. The van der Waals surface area contributed by atoms with Gasteiger partial charge in [0.05, 0.1) is 35.9 Å². The summed E-state index contributed by atoms with van der Waals surface area (Å²) in [7, 11) is 3.19. The molecule has 1 saturated heterocycles. The highest BCUT2D eigenvalue weighted by molar-refractivity contribution is 8.18. The van der Waals surface area contributed by atoms with Gasteiger partial charge in [0.25, 0.3) is 5.91 Å². The molecule has 32 heavy (non-hydrogen) atoms. The minimum absolute atomic E-state index is 0.00686. The van der Waals surface area contributed by atoms with Crippen molar-refractivity contribution in [1.82, 2.24) is 4.90 Å². The van der Waals surface area contributed by atoms with E-state index in [0.29, 0.717) is 33.1 Å². The van der Waals surface area contributed by atoms with Crippen LogP contribution in [0.25, 0.3) is 6.08 Å². The van der Waals surface area contributed by atoms with Crippen LogP contribution in [-0.4, -0.2) is 42.8 Å². The zero-order valence-corrected chi connectivity index (χ0v) is 20.4. The topological polar surface area (TPSA) is 60.4 Å². The Balaban J connectivity index is 1.91. The van der Waals surface area contributed by atoms with Crippen molar-refractivity contribution in [2.75, 3.05) is 20.8 Å². The molecule has 0 N–H and O–H groups in total. The standard InChI is InChI=1S/C24H27ClN2O4S/c1-6-15(3)31-22-19(25)12-16(13-20(22)30-5)14-21-23(28)27(7-2)24(32-21)26-17-8-10-18(29-4)11-9-17/h8-15H,6-7H2,1-5H3/b21-14+,26-24?/t15-/m1/s1. The molecule has 2 aromatic carbocycles. The van der Waals surface area contributed by atoms with Gasteiger partial charge in [-0.1, -0.05) is 18.5 Å². The van der Waals surface area contributed by atoms with E-state index in [1.165, 1.54) is 11.8 Å². The maximum absolute atomic E-state index is 13.0. The summed E-state index contributed by atoms with van der Waals surface area (Å²) in [5.74, 6) is 1.69. The number of rotatable bonds is 8. The number of carbonyl (C=O) groups is 1. The zero-order chi connectivity index (χ0) is 23.3. The molecule has 0 bridgehead atoms. The molecule has 1 fully saturated rings. The summed E-state index contributed by atoms with van der Waals surface area (Å²) >= 11 is 7.81. The van der Waals surface area contributed by atoms with E-state index < -0.39 is 0 Å². The largest absolute Gasteiger partial charge is 0.497 e. The lowest BCUT2D eigenvalue weighted by Gasteiger charge is -2.17. The molecule has 0 aromatic heterocycles. The molecule has 0 spiro atoms. The average Bonchev–Trinajstić information content (AvgIpc) is 3.09. The van der Waals surface area contributed by atoms with Gasteiger partial charge < -0.3 is 14.2 Å². The van der Waals surface area contributed by atoms with Crippen LogP contribution in [0, 0.1) is 0 Å². The Hall–Kier alpha value is -2.64. The minimum Gasteiger partial charge on any atom is -0.497 e. The number of hydrogen-bond acceptors (Lipinski definition) is 6. The van der Waals surface area contributed by atoms with Crippen molar-refractivity contribution >= 4 is 46.2 Å². The van der Waals surface area contributed by atoms with Gasteiger partial charge in [-0.2, -0.15) is 0 Å². The number of methoxy groups -OCH3 is 2. The molecule has 0 unspecified atom stereocenters. The lowest BCUT2D eigenvalue weighted by atomic mass is 10.1. The fraction of sp³-hybridized carbons (Fsp3) is 0.333. The number of amides is 1. The highest BCUT2D eigenvalue weighted by Gasteiger charge is 2.32. The van der Waals surface area contributed by atoms with Gasteiger partial charge in [-0.15, -0.1) is 0 Å². The summed E-state index contributed by atoms with van der Waals surface area (Å²) in [6.07, 6.45) is 2.65. The number of amidine groups is 1. The van der Waals surface area contributed by atoms with E-state index in [-0.39, 0.29) is 12.0 Å². The molecule has 6 nitrogen and oxygen atoms in total. The molecule has 2 aromatic rings. The van der Waals surface area contributed by atoms with Crippen LogP contribution < -0.4 is 14.2 Å². The van der Waals surface area contributed by atoms with Gasteiger partial charge in [0.2, 0.25) is 0 Å². The summed E-state index contributed by atoms with van der Waals surface area (Å²) < 4.78 is 16.6. The first-order chi connectivity index (χ1) is 15.4. The van der Waals surface area contributed by atoms with Crippen molar-refractivity contribution in [1.29, 1.82) is 0 Å². The van der Waals surface area contributed by atoms with Crippen LogP contribution in [0.3, 0.4) is 0 Å². The van der Waals surface area contributed by atoms with Crippen molar-refractivity contribution < 1.29 is 19.0 Å². The Morgan fingerprint density at radius 1 is 1.16 bits per heavy atom. The minimum atomic E-state index is -0.0974. The molecule has 0 aliphatic carbocycles. The van der Waals surface area contributed by atoms with Crippen LogP contribution in [0.1, 0.15) is 32.8 Å². The van der Waals surface area contributed by atoms with Gasteiger partial charge in [0, 0.05) is 6.54 Å². The summed E-state index contributed by atoms with van der Waals surface area (Å²) in [6, 6.07) is 11.0. The fourth-order valence-electron chi connectivity index (χ4n) is 3.01. The first-order valence-electron chi connectivity index (χ1n) is 10.4. The van der Waals surface area contributed by atoms with Gasteiger partial charge in [0.15, 0.2) is 16.7 Å². The Morgan fingerprint density at radius 2 is 1.88 bits per heavy atom. The quantitative estimate of drug-likeness (QED) is 0.429. The molecule has 0 radical (unpaired) electrons. The third kappa shape index (κ3) is 5.40. The normalized spacial score (nSPS) is 17.2. The van der Waals surface area contributed by atoms with Gasteiger partial charge in [0.1, 0.15) is 5.75 Å². The molecule has 170 valence electrons. The SMILES string of the molecule is CC[C@@H](C)Oc1c(Cl)cc(/C=C2/SC(=Nc3ccc(OC)cc3)N(CC)C2=O)cc1OC. The number of hydrogen-bond donors (Lipinski definition) is 0. The van der Waals surface area contributed by atoms with Crippen LogP contribution in [0.15, 0.2) is 46.3 Å². The molecule has 8 heteroatoms. The van der Waals surface area contributed by atoms with E-state index in [2.05, 4.69) is 4.99 Å². The molecule has 1 amide bonds. The van der Waals surface area contributed by atoms with Crippen molar-refractivity contribution in [3.05, 3.63) is 51.9 Å². The predicted molar refractivity (Wildman–Crippen MR) is 131 cm³/mol. The third-order valence-electron chi connectivity index (χ3n) is 4.94. The fourth-order valence-corrected chi connectivity index (χ4v) is 4.34. The smallest absolute Gasteiger partial charge is 0.266 e. The molecule has 1 atom stereocenters. The zero-order valence-electron chi connectivity index (χ0n) is 18.8. The molecular formula is C24H27ClN2O4S. The lowest BCUT2D eigenvalue weighted by molar-refractivity contribution is -0.122. The summed E-state index contributed by atoms with van der Waals surface area (Å²) in [5, 5.41) is 1.06. The van der Waals surface area contributed by atoms with E-state index in [1.807, 2.05) is 51.1 Å². The van der Waals surface area contributed by atoms with E-state index >= 15 is 0 Å². The molecular weight excluding hydrogens is 448 g/mol. The van der Waals surface area contributed by atoms with Gasteiger partial charge in [-0.25, -0.2) is 4.99 Å². The second kappa shape index (κ2) is 10.8. The third-order valence-corrected chi connectivity index (χ3v) is 6.23. The Kier molecular flexibility index (Phi) is 8.10. The van der Waals surface area contributed by atoms with Crippen LogP contribution in [-0.2, 0) is 4.79 Å². The van der Waals surface area contributed by atoms with E-state index in [4.69, 9.17) is 25.8 Å².